The molecule has 0 radical (unpaired) electrons. The third-order valence-electron chi connectivity index (χ3n) is 13.5. The average Bonchev–Trinajstić information content (AvgIpc) is 3.79. The van der Waals surface area contributed by atoms with Crippen LogP contribution in [0, 0.1) is 10.8 Å². The van der Waals surface area contributed by atoms with Gasteiger partial charge >= 0.3 is 0 Å². The lowest BCUT2D eigenvalue weighted by Gasteiger charge is -2.40. The van der Waals surface area contributed by atoms with Gasteiger partial charge in [0.1, 0.15) is 0 Å². The molecule has 9 rings (SSSR count). The molecule has 0 spiro atoms. The molecule has 7 aromatic rings. The van der Waals surface area contributed by atoms with Crippen molar-refractivity contribution >= 4 is 43.6 Å². The summed E-state index contributed by atoms with van der Waals surface area (Å²) in [7, 11) is 0. The zero-order valence-electron chi connectivity index (χ0n) is 36.9. The number of unbranched alkanes of at least 4 members (excludes halogenated alkanes) is 4. The molecule has 4 heterocycles. The first-order valence-electron chi connectivity index (χ1n) is 23.2. The normalized spacial score (nSPS) is 15.8. The molecule has 0 unspecified atom stereocenters. The van der Waals surface area contributed by atoms with Crippen LogP contribution in [0.1, 0.15) is 76.3 Å². The molecule has 2 aliphatic heterocycles. The molecule has 0 atom stereocenters. The summed E-state index contributed by atoms with van der Waals surface area (Å²) in [5.74, 6) is 0. The molecule has 2 saturated heterocycles. The minimum Gasteiger partial charge on any atom is -0.381 e. The SMILES string of the molecule is CCC1(COCCCCCOCc2ccc3c(c2)c2c(ccc4c5cc(COCCCCCOCC6(CC)COC6)ccc5n(-c5ccccc5)c42)n3-c2ccccc2)COC1. The maximum absolute atomic E-state index is 6.32. The molecule has 62 heavy (non-hydrogen) atoms. The molecule has 2 fully saturated rings. The van der Waals surface area contributed by atoms with Crippen LogP contribution >= 0.6 is 0 Å². The highest BCUT2D eigenvalue weighted by molar-refractivity contribution is 6.26. The Morgan fingerprint density at radius 2 is 0.935 bits per heavy atom. The Labute approximate surface area is 367 Å². The zero-order valence-corrected chi connectivity index (χ0v) is 36.9. The van der Waals surface area contributed by atoms with Gasteiger partial charge < -0.3 is 37.6 Å². The van der Waals surface area contributed by atoms with E-state index in [-0.39, 0.29) is 10.8 Å². The summed E-state index contributed by atoms with van der Waals surface area (Å²) in [5, 5.41) is 4.94. The first kappa shape index (κ1) is 42.7. The molecule has 326 valence electrons. The minimum atomic E-state index is 0.251. The lowest BCUT2D eigenvalue weighted by atomic mass is 9.84. The van der Waals surface area contributed by atoms with Gasteiger partial charge in [0.15, 0.2) is 0 Å². The fraction of sp³-hybridized carbons (Fsp3) is 0.444. The highest BCUT2D eigenvalue weighted by Gasteiger charge is 2.37. The summed E-state index contributed by atoms with van der Waals surface area (Å²) in [6, 6.07) is 39.9. The third kappa shape index (κ3) is 9.10. The molecule has 0 saturated carbocycles. The van der Waals surface area contributed by atoms with E-state index in [2.05, 4.69) is 132 Å². The van der Waals surface area contributed by atoms with Crippen LogP contribution in [0.5, 0.6) is 0 Å². The second-order valence-electron chi connectivity index (χ2n) is 17.9. The molecule has 0 N–H and O–H groups in total. The summed E-state index contributed by atoms with van der Waals surface area (Å²) < 4.78 is 40.4. The van der Waals surface area contributed by atoms with Gasteiger partial charge in [0.2, 0.25) is 0 Å². The number of fused-ring (bicyclic) bond motifs is 7. The predicted octanol–water partition coefficient (Wildman–Crippen LogP) is 12.1. The summed E-state index contributed by atoms with van der Waals surface area (Å²) in [5.41, 5.74) is 9.94. The molecule has 0 amide bonds. The van der Waals surface area contributed by atoms with E-state index in [0.29, 0.717) is 13.2 Å². The third-order valence-corrected chi connectivity index (χ3v) is 13.5. The van der Waals surface area contributed by atoms with Gasteiger partial charge in [-0.25, -0.2) is 0 Å². The fourth-order valence-electron chi connectivity index (χ4n) is 9.27. The van der Waals surface area contributed by atoms with Crippen molar-refractivity contribution in [3.05, 3.63) is 120 Å². The zero-order chi connectivity index (χ0) is 42.2. The summed E-state index contributed by atoms with van der Waals surface area (Å²) >= 11 is 0. The predicted molar refractivity (Wildman–Crippen MR) is 251 cm³/mol. The molecule has 2 aromatic heterocycles. The van der Waals surface area contributed by atoms with Crippen molar-refractivity contribution in [2.45, 2.75) is 78.4 Å². The van der Waals surface area contributed by atoms with Crippen LogP contribution in [-0.4, -0.2) is 75.2 Å². The Kier molecular flexibility index (Phi) is 13.7. The van der Waals surface area contributed by atoms with Crippen molar-refractivity contribution in [1.29, 1.82) is 0 Å². The topological polar surface area (TPSA) is 65.2 Å². The highest BCUT2D eigenvalue weighted by atomic mass is 16.5. The van der Waals surface area contributed by atoms with Crippen LogP contribution < -0.4 is 0 Å². The quantitative estimate of drug-likeness (QED) is 0.0565. The fourth-order valence-corrected chi connectivity index (χ4v) is 9.27. The smallest absolute Gasteiger partial charge is 0.0717 e. The van der Waals surface area contributed by atoms with Crippen molar-refractivity contribution in [1.82, 2.24) is 9.13 Å². The summed E-state index contributed by atoms with van der Waals surface area (Å²) in [6.07, 6.45) is 8.61. The maximum atomic E-state index is 6.32. The van der Waals surface area contributed by atoms with Gasteiger partial charge in [-0.2, -0.15) is 0 Å². The van der Waals surface area contributed by atoms with E-state index in [4.69, 9.17) is 28.4 Å². The van der Waals surface area contributed by atoms with E-state index in [1.165, 1.54) is 54.7 Å². The van der Waals surface area contributed by atoms with Crippen molar-refractivity contribution < 1.29 is 28.4 Å². The molecule has 2 aliphatic rings. The van der Waals surface area contributed by atoms with Crippen LogP contribution in [0.2, 0.25) is 0 Å². The largest absolute Gasteiger partial charge is 0.381 e. The first-order valence-corrected chi connectivity index (χ1v) is 23.2. The average molecular weight is 837 g/mol. The number of nitrogens with zero attached hydrogens (tertiary/aromatic N) is 2. The Hall–Kier alpha value is -4.54. The van der Waals surface area contributed by atoms with Crippen molar-refractivity contribution in [2.24, 2.45) is 10.8 Å². The molecule has 5 aromatic carbocycles. The van der Waals surface area contributed by atoms with Gasteiger partial charge in [-0.3, -0.25) is 0 Å². The standard InChI is InChI=1S/C54H64N2O6/c1-3-53(37-61-38-53)35-59-29-15-7-13-27-57-33-41-21-24-48-46(31-41)45-23-26-50-51(52(45)56(48)44-19-11-6-12-20-44)47-32-42(22-25-49(47)55(50)43-17-9-5-10-18-43)34-58-28-14-8-16-30-60-36-54(4-2)39-62-40-54/h5-6,9-12,17-26,31-32H,3-4,7-8,13-16,27-30,33-40H2,1-2H3. The summed E-state index contributed by atoms with van der Waals surface area (Å²) in [6.45, 7) is 13.7. The molecular weight excluding hydrogens is 773 g/mol. The van der Waals surface area contributed by atoms with Crippen LogP contribution in [-0.2, 0) is 41.6 Å². The number of aromatic nitrogens is 2. The van der Waals surface area contributed by atoms with Gasteiger partial charge in [0.25, 0.3) is 0 Å². The van der Waals surface area contributed by atoms with Crippen LogP contribution in [0.15, 0.2) is 109 Å². The van der Waals surface area contributed by atoms with E-state index in [0.717, 1.165) is 129 Å². The number of rotatable bonds is 24. The lowest BCUT2D eigenvalue weighted by molar-refractivity contribution is -0.150. The Morgan fingerprint density at radius 1 is 0.468 bits per heavy atom. The van der Waals surface area contributed by atoms with Crippen LogP contribution in [0.25, 0.3) is 55.0 Å². The van der Waals surface area contributed by atoms with Gasteiger partial charge in [-0.15, -0.1) is 0 Å². The number of hydrogen-bond donors (Lipinski definition) is 0. The van der Waals surface area contributed by atoms with Gasteiger partial charge in [-0.1, -0.05) is 68.4 Å². The van der Waals surface area contributed by atoms with E-state index in [9.17, 15) is 0 Å². The van der Waals surface area contributed by atoms with Gasteiger partial charge in [-0.05, 0) is 117 Å². The number of benzene rings is 5. The maximum Gasteiger partial charge on any atom is 0.0717 e. The molecule has 8 nitrogen and oxygen atoms in total. The highest BCUT2D eigenvalue weighted by Crippen LogP contribution is 2.43. The van der Waals surface area contributed by atoms with E-state index >= 15 is 0 Å². The Morgan fingerprint density at radius 3 is 1.44 bits per heavy atom. The van der Waals surface area contributed by atoms with E-state index in [1.54, 1.807) is 0 Å². The number of para-hydroxylation sites is 2. The first-order chi connectivity index (χ1) is 30.6. The minimum absolute atomic E-state index is 0.251. The van der Waals surface area contributed by atoms with Crippen LogP contribution in [0.4, 0.5) is 0 Å². The van der Waals surface area contributed by atoms with E-state index in [1.807, 2.05) is 0 Å². The number of hydrogen-bond acceptors (Lipinski definition) is 6. The molecule has 8 heteroatoms. The molecule has 0 aliphatic carbocycles. The van der Waals surface area contributed by atoms with E-state index < -0.39 is 0 Å². The van der Waals surface area contributed by atoms with Crippen molar-refractivity contribution in [3.63, 3.8) is 0 Å². The molecule has 0 bridgehead atoms. The number of ether oxygens (including phenoxy) is 6. The van der Waals surface area contributed by atoms with Crippen molar-refractivity contribution in [3.8, 4) is 11.4 Å². The molecular formula is C54H64N2O6. The Bertz CT molecular complexity index is 2520. The monoisotopic (exact) mass is 836 g/mol. The van der Waals surface area contributed by atoms with Crippen molar-refractivity contribution in [2.75, 3.05) is 66.1 Å². The Balaban J connectivity index is 0.939. The van der Waals surface area contributed by atoms with Gasteiger partial charge in [0.05, 0.1) is 74.9 Å². The summed E-state index contributed by atoms with van der Waals surface area (Å²) in [4.78, 5) is 0. The van der Waals surface area contributed by atoms with Crippen LogP contribution in [0.3, 0.4) is 0 Å². The van der Waals surface area contributed by atoms with Gasteiger partial charge in [0, 0.05) is 70.2 Å². The lowest BCUT2D eigenvalue weighted by Crippen LogP contribution is -2.45. The second-order valence-corrected chi connectivity index (χ2v) is 17.9. The second kappa shape index (κ2) is 19.9.